The van der Waals surface area contributed by atoms with Gasteiger partial charge in [-0.15, -0.1) is 0 Å². The van der Waals surface area contributed by atoms with Crippen LogP contribution in [0.4, 0.5) is 0 Å². The highest BCUT2D eigenvalue weighted by Crippen LogP contribution is 2.38. The quantitative estimate of drug-likeness (QED) is 0.776. The number of hydrogen-bond acceptors (Lipinski definition) is 5. The molecule has 0 radical (unpaired) electrons. The summed E-state index contributed by atoms with van der Waals surface area (Å²) in [5.41, 5.74) is 1.41. The van der Waals surface area contributed by atoms with E-state index in [0.717, 1.165) is 12.0 Å². The van der Waals surface area contributed by atoms with Gasteiger partial charge in [0.1, 0.15) is 6.04 Å². The van der Waals surface area contributed by atoms with Gasteiger partial charge in [0.2, 0.25) is 11.7 Å². The summed E-state index contributed by atoms with van der Waals surface area (Å²) < 4.78 is 16.0. The summed E-state index contributed by atoms with van der Waals surface area (Å²) in [5, 5.41) is 2.94. The Morgan fingerprint density at radius 3 is 2.28 bits per heavy atom. The molecule has 0 spiro atoms. The van der Waals surface area contributed by atoms with Crippen LogP contribution in [0, 0.1) is 0 Å². The summed E-state index contributed by atoms with van der Waals surface area (Å²) in [6, 6.07) is 12.4. The number of likely N-dealkylation sites (tertiary alicyclic amines) is 1. The topological polar surface area (TPSA) is 77.1 Å². The zero-order valence-corrected chi connectivity index (χ0v) is 16.9. The number of hydrogen-bond donors (Lipinski definition) is 1. The van der Waals surface area contributed by atoms with Crippen LogP contribution < -0.4 is 19.5 Å². The Kier molecular flexibility index (Phi) is 6.59. The number of nitrogens with zero attached hydrogens (tertiary/aromatic N) is 1. The van der Waals surface area contributed by atoms with Crippen molar-refractivity contribution in [3.63, 3.8) is 0 Å². The van der Waals surface area contributed by atoms with Crippen LogP contribution in [0.25, 0.3) is 0 Å². The molecular weight excluding hydrogens is 372 g/mol. The minimum atomic E-state index is -0.495. The number of carbonyl (C=O) groups is 2. The third-order valence-electron chi connectivity index (χ3n) is 5.04. The molecule has 3 rings (SSSR count). The van der Waals surface area contributed by atoms with Crippen molar-refractivity contribution in [2.24, 2.45) is 0 Å². The van der Waals surface area contributed by atoms with Gasteiger partial charge in [-0.25, -0.2) is 0 Å². The second kappa shape index (κ2) is 9.32. The van der Waals surface area contributed by atoms with E-state index >= 15 is 0 Å². The van der Waals surface area contributed by atoms with Crippen LogP contribution >= 0.6 is 0 Å². The lowest BCUT2D eigenvalue weighted by Crippen LogP contribution is -2.45. The molecule has 1 saturated heterocycles. The Morgan fingerprint density at radius 1 is 1.03 bits per heavy atom. The Balaban J connectivity index is 1.76. The minimum absolute atomic E-state index is 0.146. The molecule has 154 valence electrons. The number of ether oxygens (including phenoxy) is 3. The Bertz CT molecular complexity index is 844. The molecule has 2 amide bonds. The lowest BCUT2D eigenvalue weighted by atomic mass is 10.1. The van der Waals surface area contributed by atoms with Gasteiger partial charge in [0.15, 0.2) is 11.5 Å². The van der Waals surface area contributed by atoms with Gasteiger partial charge in [-0.2, -0.15) is 0 Å². The van der Waals surface area contributed by atoms with Crippen LogP contribution in [-0.4, -0.2) is 50.6 Å². The van der Waals surface area contributed by atoms with Gasteiger partial charge in [-0.3, -0.25) is 9.59 Å². The van der Waals surface area contributed by atoms with Crippen LogP contribution in [0.1, 0.15) is 28.8 Å². The van der Waals surface area contributed by atoms with E-state index in [2.05, 4.69) is 5.32 Å². The van der Waals surface area contributed by atoms with Gasteiger partial charge >= 0.3 is 0 Å². The summed E-state index contributed by atoms with van der Waals surface area (Å²) in [5.74, 6) is 0.845. The average molecular weight is 398 g/mol. The fourth-order valence-electron chi connectivity index (χ4n) is 3.56. The van der Waals surface area contributed by atoms with Crippen molar-refractivity contribution < 1.29 is 23.8 Å². The van der Waals surface area contributed by atoms with Crippen LogP contribution in [-0.2, 0) is 11.3 Å². The summed E-state index contributed by atoms with van der Waals surface area (Å²) >= 11 is 0. The van der Waals surface area contributed by atoms with Gasteiger partial charge in [0.05, 0.1) is 21.3 Å². The number of methoxy groups -OCH3 is 3. The second-order valence-corrected chi connectivity index (χ2v) is 6.77. The molecule has 2 aromatic rings. The van der Waals surface area contributed by atoms with Crippen molar-refractivity contribution in [3.05, 3.63) is 53.6 Å². The molecule has 2 aromatic carbocycles. The Hall–Kier alpha value is -3.22. The molecule has 1 aliphatic heterocycles. The lowest BCUT2D eigenvalue weighted by Gasteiger charge is -2.25. The molecule has 1 fully saturated rings. The standard InChI is InChI=1S/C22H26N2O5/c1-27-18-12-16(13-19(28-2)20(18)29-3)22(26)24-11-7-10-17(24)21(25)23-14-15-8-5-4-6-9-15/h4-6,8-9,12-13,17H,7,10-11,14H2,1-3H3,(H,23,25)/t17-/m0/s1. The Labute approximate surface area is 170 Å². The maximum Gasteiger partial charge on any atom is 0.254 e. The first-order valence-corrected chi connectivity index (χ1v) is 9.51. The molecular formula is C22H26N2O5. The largest absolute Gasteiger partial charge is 0.493 e. The molecule has 29 heavy (non-hydrogen) atoms. The normalized spacial score (nSPS) is 15.7. The Morgan fingerprint density at radius 2 is 1.69 bits per heavy atom. The van der Waals surface area contributed by atoms with E-state index in [9.17, 15) is 9.59 Å². The van der Waals surface area contributed by atoms with Gasteiger partial charge < -0.3 is 24.4 Å². The monoisotopic (exact) mass is 398 g/mol. The third kappa shape index (κ3) is 4.45. The zero-order valence-electron chi connectivity index (χ0n) is 16.9. The van der Waals surface area contributed by atoms with Crippen molar-refractivity contribution >= 4 is 11.8 Å². The van der Waals surface area contributed by atoms with E-state index in [-0.39, 0.29) is 11.8 Å². The van der Waals surface area contributed by atoms with Crippen LogP contribution in [0.5, 0.6) is 17.2 Å². The minimum Gasteiger partial charge on any atom is -0.493 e. The van der Waals surface area contributed by atoms with Crippen molar-refractivity contribution in [1.29, 1.82) is 0 Å². The van der Waals surface area contributed by atoms with Gasteiger partial charge in [-0.05, 0) is 30.5 Å². The first kappa shape index (κ1) is 20.5. The highest BCUT2D eigenvalue weighted by molar-refractivity contribution is 5.99. The predicted octanol–water partition coefficient (Wildman–Crippen LogP) is 2.63. The fraction of sp³-hybridized carbons (Fsp3) is 0.364. The van der Waals surface area contributed by atoms with Crippen molar-refractivity contribution in [3.8, 4) is 17.2 Å². The molecule has 1 heterocycles. The van der Waals surface area contributed by atoms with Crippen LogP contribution in [0.15, 0.2) is 42.5 Å². The van der Waals surface area contributed by atoms with E-state index in [1.54, 1.807) is 17.0 Å². The van der Waals surface area contributed by atoms with E-state index < -0.39 is 6.04 Å². The number of rotatable bonds is 7. The van der Waals surface area contributed by atoms with Crippen LogP contribution in [0.2, 0.25) is 0 Å². The van der Waals surface area contributed by atoms with E-state index in [1.165, 1.54) is 21.3 Å². The fourth-order valence-corrected chi connectivity index (χ4v) is 3.56. The number of carbonyl (C=O) groups excluding carboxylic acids is 2. The SMILES string of the molecule is COc1cc(C(=O)N2CCC[C@H]2C(=O)NCc2ccccc2)cc(OC)c1OC. The van der Waals surface area contributed by atoms with E-state index in [1.807, 2.05) is 30.3 Å². The maximum absolute atomic E-state index is 13.2. The van der Waals surface area contributed by atoms with Crippen molar-refractivity contribution in [2.45, 2.75) is 25.4 Å². The first-order chi connectivity index (χ1) is 14.1. The molecule has 7 heteroatoms. The molecule has 1 aliphatic rings. The molecule has 0 saturated carbocycles. The summed E-state index contributed by atoms with van der Waals surface area (Å²) in [4.78, 5) is 27.5. The molecule has 0 unspecified atom stereocenters. The van der Waals surface area contributed by atoms with Crippen LogP contribution in [0.3, 0.4) is 0 Å². The number of amides is 2. The number of nitrogens with one attached hydrogen (secondary N) is 1. The molecule has 7 nitrogen and oxygen atoms in total. The predicted molar refractivity (Wildman–Crippen MR) is 108 cm³/mol. The third-order valence-corrected chi connectivity index (χ3v) is 5.04. The molecule has 1 N–H and O–H groups in total. The van der Waals surface area contributed by atoms with Crippen molar-refractivity contribution in [2.75, 3.05) is 27.9 Å². The first-order valence-electron chi connectivity index (χ1n) is 9.51. The van der Waals surface area contributed by atoms with Gasteiger partial charge in [0.25, 0.3) is 5.91 Å². The average Bonchev–Trinajstić information content (AvgIpc) is 3.26. The summed E-state index contributed by atoms with van der Waals surface area (Å²) in [6.45, 7) is 0.960. The maximum atomic E-state index is 13.2. The van der Waals surface area contributed by atoms with E-state index in [4.69, 9.17) is 14.2 Å². The summed E-state index contributed by atoms with van der Waals surface area (Å²) in [7, 11) is 4.51. The number of benzene rings is 2. The van der Waals surface area contributed by atoms with E-state index in [0.29, 0.717) is 42.3 Å². The highest BCUT2D eigenvalue weighted by atomic mass is 16.5. The molecule has 0 aromatic heterocycles. The highest BCUT2D eigenvalue weighted by Gasteiger charge is 2.35. The zero-order chi connectivity index (χ0) is 20.8. The smallest absolute Gasteiger partial charge is 0.254 e. The van der Waals surface area contributed by atoms with Crippen molar-refractivity contribution in [1.82, 2.24) is 10.2 Å². The molecule has 0 bridgehead atoms. The van der Waals surface area contributed by atoms with Gasteiger partial charge in [-0.1, -0.05) is 30.3 Å². The molecule has 0 aliphatic carbocycles. The lowest BCUT2D eigenvalue weighted by molar-refractivity contribution is -0.125. The van der Waals surface area contributed by atoms with Gasteiger partial charge in [0, 0.05) is 18.7 Å². The molecule has 1 atom stereocenters. The second-order valence-electron chi connectivity index (χ2n) is 6.77. The summed E-state index contributed by atoms with van der Waals surface area (Å²) in [6.07, 6.45) is 1.41.